The number of carbonyl (C=O) groups excluding carboxylic acids is 1. The molecule has 100 valence electrons. The normalized spacial score (nSPS) is 10.9. The van der Waals surface area contributed by atoms with Crippen molar-refractivity contribution >= 4 is 5.97 Å². The molecule has 17 heavy (non-hydrogen) atoms. The zero-order chi connectivity index (χ0) is 13.3. The van der Waals surface area contributed by atoms with Crippen LogP contribution in [0.4, 0.5) is 0 Å². The summed E-state index contributed by atoms with van der Waals surface area (Å²) in [4.78, 5) is 11.3. The van der Waals surface area contributed by atoms with Crippen molar-refractivity contribution in [1.29, 1.82) is 0 Å². The molecular weight excluding hydrogens is 224 g/mol. The van der Waals surface area contributed by atoms with E-state index in [0.717, 1.165) is 0 Å². The highest BCUT2D eigenvalue weighted by Crippen LogP contribution is 1.99. The van der Waals surface area contributed by atoms with Crippen molar-refractivity contribution in [2.45, 2.75) is 39.9 Å². The molecule has 0 rings (SSSR count). The molecule has 0 amide bonds. The van der Waals surface area contributed by atoms with Crippen LogP contribution in [0.25, 0.3) is 0 Å². The summed E-state index contributed by atoms with van der Waals surface area (Å²) in [5, 5.41) is 0. The molecule has 0 unspecified atom stereocenters. The van der Waals surface area contributed by atoms with Crippen molar-refractivity contribution in [3.8, 4) is 0 Å². The van der Waals surface area contributed by atoms with E-state index in [1.165, 1.54) is 0 Å². The molecule has 0 aromatic heterocycles. The van der Waals surface area contributed by atoms with Gasteiger partial charge in [0, 0.05) is 0 Å². The second-order valence-electron chi connectivity index (χ2n) is 4.06. The minimum absolute atomic E-state index is 0.0562. The van der Waals surface area contributed by atoms with E-state index < -0.39 is 5.97 Å². The fourth-order valence-corrected chi connectivity index (χ4v) is 0.798. The van der Waals surface area contributed by atoms with E-state index in [1.54, 1.807) is 13.8 Å². The third kappa shape index (κ3) is 9.99. The Hall–Kier alpha value is -0.910. The van der Waals surface area contributed by atoms with Gasteiger partial charge in [-0.2, -0.15) is 0 Å². The Morgan fingerprint density at radius 3 is 2.24 bits per heavy atom. The molecule has 0 atom stereocenters. The Labute approximate surface area is 103 Å². The Balaban J connectivity index is 3.48. The lowest BCUT2D eigenvalue weighted by Gasteiger charge is -2.11. The third-order valence-electron chi connectivity index (χ3n) is 1.56. The molecule has 0 aliphatic heterocycles. The van der Waals surface area contributed by atoms with E-state index in [4.69, 9.17) is 18.9 Å². The zero-order valence-corrected chi connectivity index (χ0v) is 11.0. The Bertz CT molecular complexity index is 235. The van der Waals surface area contributed by atoms with Gasteiger partial charge in [-0.1, -0.05) is 6.58 Å². The molecule has 0 aliphatic carbocycles. The summed E-state index contributed by atoms with van der Waals surface area (Å²) in [6, 6.07) is 0. The van der Waals surface area contributed by atoms with Crippen molar-refractivity contribution in [3.05, 3.63) is 12.2 Å². The number of esters is 1. The van der Waals surface area contributed by atoms with Crippen molar-refractivity contribution in [2.75, 3.05) is 20.2 Å². The van der Waals surface area contributed by atoms with Crippen LogP contribution in [0.5, 0.6) is 0 Å². The molecular formula is C12H22O5. The van der Waals surface area contributed by atoms with Crippen LogP contribution < -0.4 is 0 Å². The molecule has 0 heterocycles. The maximum Gasteiger partial charge on any atom is 0.336 e. The average Bonchev–Trinajstić information content (AvgIpc) is 2.21. The predicted octanol–water partition coefficient (Wildman–Crippen LogP) is 1.87. The number of hydrogen-bond acceptors (Lipinski definition) is 5. The highest BCUT2D eigenvalue weighted by Gasteiger charge is 2.10. The lowest BCUT2D eigenvalue weighted by molar-refractivity contribution is -0.149. The first-order valence-electron chi connectivity index (χ1n) is 5.59. The maximum absolute atomic E-state index is 11.3. The van der Waals surface area contributed by atoms with E-state index in [-0.39, 0.29) is 38.0 Å². The van der Waals surface area contributed by atoms with Gasteiger partial charge in [0.2, 0.25) is 0 Å². The fourth-order valence-electron chi connectivity index (χ4n) is 0.798. The van der Waals surface area contributed by atoms with Crippen LogP contribution >= 0.6 is 0 Å². The van der Waals surface area contributed by atoms with E-state index in [1.807, 2.05) is 13.8 Å². The maximum atomic E-state index is 11.3. The van der Waals surface area contributed by atoms with Crippen LogP contribution in [0.3, 0.4) is 0 Å². The first kappa shape index (κ1) is 16.1. The molecule has 0 aromatic carbocycles. The summed E-state index contributed by atoms with van der Waals surface area (Å²) in [7, 11) is 0. The molecule has 0 bridgehead atoms. The number of rotatable bonds is 9. The van der Waals surface area contributed by atoms with Crippen LogP contribution in [-0.2, 0) is 23.7 Å². The van der Waals surface area contributed by atoms with Crippen LogP contribution in [-0.4, -0.2) is 38.4 Å². The molecule has 0 aliphatic rings. The lowest BCUT2D eigenvalue weighted by atomic mass is 10.3. The Kier molecular flexibility index (Phi) is 8.66. The number of carbonyl (C=O) groups is 1. The minimum Gasteiger partial charge on any atom is -0.460 e. The van der Waals surface area contributed by atoms with Gasteiger partial charge in [0.15, 0.2) is 0 Å². The van der Waals surface area contributed by atoms with Crippen LogP contribution in [0.2, 0.25) is 0 Å². The van der Waals surface area contributed by atoms with Gasteiger partial charge >= 0.3 is 5.97 Å². The average molecular weight is 246 g/mol. The molecule has 5 heteroatoms. The van der Waals surface area contributed by atoms with Gasteiger partial charge < -0.3 is 18.9 Å². The molecule has 5 nitrogen and oxygen atoms in total. The van der Waals surface area contributed by atoms with Gasteiger partial charge in [0.05, 0.1) is 24.4 Å². The summed E-state index contributed by atoms with van der Waals surface area (Å²) < 4.78 is 20.2. The van der Waals surface area contributed by atoms with Crippen molar-refractivity contribution in [2.24, 2.45) is 0 Å². The van der Waals surface area contributed by atoms with Gasteiger partial charge in [-0.15, -0.1) is 0 Å². The summed E-state index contributed by atoms with van der Waals surface area (Å²) in [5.74, 6) is -0.446. The second-order valence-corrected chi connectivity index (χ2v) is 4.06. The molecule has 0 N–H and O–H groups in total. The van der Waals surface area contributed by atoms with E-state index in [0.29, 0.717) is 0 Å². The smallest absolute Gasteiger partial charge is 0.336 e. The quantitative estimate of drug-likeness (QED) is 0.269. The molecule has 0 radical (unpaired) electrons. The van der Waals surface area contributed by atoms with E-state index >= 15 is 0 Å². The summed E-state index contributed by atoms with van der Waals surface area (Å²) >= 11 is 0. The van der Waals surface area contributed by atoms with Gasteiger partial charge in [-0.05, 0) is 27.7 Å². The minimum atomic E-state index is -0.446. The first-order valence-corrected chi connectivity index (χ1v) is 5.59. The zero-order valence-electron chi connectivity index (χ0n) is 11.0. The predicted molar refractivity (Wildman–Crippen MR) is 63.4 cm³/mol. The van der Waals surface area contributed by atoms with Gasteiger partial charge in [0.1, 0.15) is 13.6 Å². The van der Waals surface area contributed by atoms with Gasteiger partial charge in [-0.3, -0.25) is 0 Å². The van der Waals surface area contributed by atoms with Crippen molar-refractivity contribution < 1.29 is 23.7 Å². The van der Waals surface area contributed by atoms with Crippen LogP contribution in [0, 0.1) is 0 Å². The van der Waals surface area contributed by atoms with Gasteiger partial charge in [-0.25, -0.2) is 4.79 Å². The molecule has 0 fully saturated rings. The van der Waals surface area contributed by atoms with Crippen LogP contribution in [0.1, 0.15) is 27.7 Å². The summed E-state index contributed by atoms with van der Waals surface area (Å²) in [5.41, 5.74) is 0.270. The first-order chi connectivity index (χ1) is 7.93. The van der Waals surface area contributed by atoms with Crippen LogP contribution in [0.15, 0.2) is 12.2 Å². The SMILES string of the molecule is C=C(COCOCOC(C)C)C(=O)OC(C)C. The topological polar surface area (TPSA) is 54.0 Å². The second kappa shape index (κ2) is 9.15. The Morgan fingerprint density at radius 1 is 1.06 bits per heavy atom. The highest BCUT2D eigenvalue weighted by atomic mass is 16.7. The molecule has 0 aromatic rings. The fraction of sp³-hybridized carbons (Fsp3) is 0.750. The highest BCUT2D eigenvalue weighted by molar-refractivity contribution is 5.88. The largest absolute Gasteiger partial charge is 0.460 e. The Morgan fingerprint density at radius 2 is 1.71 bits per heavy atom. The standard InChI is InChI=1S/C12H22O5/c1-9(2)16-8-15-7-14-6-11(5)12(13)17-10(3)4/h9-10H,5-8H2,1-4H3. The third-order valence-corrected chi connectivity index (χ3v) is 1.56. The summed E-state index contributed by atoms with van der Waals surface area (Å²) in [6.45, 7) is 11.3. The number of hydrogen-bond donors (Lipinski definition) is 0. The van der Waals surface area contributed by atoms with E-state index in [9.17, 15) is 4.79 Å². The van der Waals surface area contributed by atoms with Crippen molar-refractivity contribution in [1.82, 2.24) is 0 Å². The van der Waals surface area contributed by atoms with E-state index in [2.05, 4.69) is 6.58 Å². The molecule has 0 spiro atoms. The number of ether oxygens (including phenoxy) is 4. The monoisotopic (exact) mass is 246 g/mol. The van der Waals surface area contributed by atoms with Crippen molar-refractivity contribution in [3.63, 3.8) is 0 Å². The van der Waals surface area contributed by atoms with Gasteiger partial charge in [0.25, 0.3) is 0 Å². The summed E-state index contributed by atoms with van der Waals surface area (Å²) in [6.07, 6.45) is -0.0408. The molecule has 0 saturated carbocycles. The lowest BCUT2D eigenvalue weighted by Crippen LogP contribution is -2.17. The molecule has 0 saturated heterocycles.